The van der Waals surface area contributed by atoms with Crippen LogP contribution in [0.5, 0.6) is 0 Å². The van der Waals surface area contributed by atoms with Crippen LogP contribution in [0.1, 0.15) is 51.9 Å². The summed E-state index contributed by atoms with van der Waals surface area (Å²) in [5.74, 6) is 0. The van der Waals surface area contributed by atoms with Crippen molar-refractivity contribution in [3.63, 3.8) is 0 Å². The van der Waals surface area contributed by atoms with Crippen molar-refractivity contribution in [3.8, 4) is 78.1 Å². The first-order chi connectivity index (χ1) is 57.0. The normalized spacial score (nSPS) is 12.8. The lowest BCUT2D eigenvalue weighted by Crippen LogP contribution is -2.26. The standard InChI is InChI=1S/C55H36N2.C30H22N2.C25H15Br.CH4/c1-3-15-39(16-4-1)56(41-30-27-37(28-31-41)38-29-34-54-48(35-38)47-22-10-14-26-53(47)57(54)40-17-5-2-6-18-40)42-32-33-46-45-21-9-13-25-51(45)55(52(46)36-42)49-23-11-7-19-43(49)44-20-8-12-24-50(44)55;1-3-9-24(10-4-1)31-25-18-15-22(16-19-25)23-17-20-30-28(21-23)27-13-7-8-14-29(27)32(30)26-11-5-2-6-12-26;26-16-13-14-20-19-9-3-6-12-23(19)25(24(20)15-16)21-10-4-1-7-17(21)18-8-2-5-11-22(18)25;/h1-36H;1-21,31H;1-15H;1H4. The Morgan fingerprint density at radius 1 is 0.216 bits per heavy atom. The maximum Gasteiger partial charge on any atom is 0.0726 e. The second kappa shape index (κ2) is 28.4. The number of benzene rings is 18. The fraction of sp³-hybridized carbons (Fsp3) is 0.0270. The molecule has 4 aliphatic rings. The number of nitrogens with one attached hydrogen (secondary N) is 1. The molecule has 2 aromatic heterocycles. The van der Waals surface area contributed by atoms with Crippen molar-refractivity contribution in [2.24, 2.45) is 0 Å². The van der Waals surface area contributed by atoms with Gasteiger partial charge in [0, 0.05) is 65.8 Å². The summed E-state index contributed by atoms with van der Waals surface area (Å²) in [4.78, 5) is 2.41. The Hall–Kier alpha value is -14.4. The Kier molecular flexibility index (Phi) is 17.0. The van der Waals surface area contributed by atoms with E-state index in [1.54, 1.807) is 0 Å². The first-order valence-electron chi connectivity index (χ1n) is 39.6. The van der Waals surface area contributed by atoms with Gasteiger partial charge in [-0.25, -0.2) is 0 Å². The molecule has 0 saturated carbocycles. The molecule has 0 amide bonds. The average molecular weight is 1550 g/mol. The minimum atomic E-state index is -0.399. The van der Waals surface area contributed by atoms with Crippen molar-refractivity contribution in [1.82, 2.24) is 9.13 Å². The number of nitrogens with zero attached hydrogens (tertiary/aromatic N) is 3. The summed E-state index contributed by atoms with van der Waals surface area (Å²) in [5, 5.41) is 8.51. The second-order valence-electron chi connectivity index (χ2n) is 30.3. The highest BCUT2D eigenvalue weighted by Crippen LogP contribution is 2.65. The molecule has 0 saturated heterocycles. The zero-order valence-corrected chi connectivity index (χ0v) is 64.4. The summed E-state index contributed by atoms with van der Waals surface area (Å²) >= 11 is 3.72. The Balaban J connectivity index is 0.000000120. The maximum absolute atomic E-state index is 3.72. The zero-order valence-electron chi connectivity index (χ0n) is 62.8. The van der Waals surface area contributed by atoms with Gasteiger partial charge in [0.25, 0.3) is 0 Å². The molecule has 0 atom stereocenters. The topological polar surface area (TPSA) is 25.1 Å². The minimum Gasteiger partial charge on any atom is -0.356 e. The monoisotopic (exact) mass is 1540 g/mol. The summed E-state index contributed by atoms with van der Waals surface area (Å²) in [5.41, 5.74) is 38.6. The predicted molar refractivity (Wildman–Crippen MR) is 490 cm³/mol. The predicted octanol–water partition coefficient (Wildman–Crippen LogP) is 29.9. The molecule has 5 heteroatoms. The van der Waals surface area contributed by atoms with Gasteiger partial charge in [-0.15, -0.1) is 0 Å². The summed E-state index contributed by atoms with van der Waals surface area (Å²) in [7, 11) is 0. The van der Waals surface area contributed by atoms with Crippen LogP contribution in [0.2, 0.25) is 0 Å². The molecule has 0 unspecified atom stereocenters. The molecule has 18 aromatic carbocycles. The number of aromatic nitrogens is 2. The lowest BCUT2D eigenvalue weighted by molar-refractivity contribution is 0.793. The number of hydrogen-bond acceptors (Lipinski definition) is 2. The molecular weight excluding hydrogens is 1470 g/mol. The van der Waals surface area contributed by atoms with E-state index in [1.165, 1.54) is 166 Å². The minimum absolute atomic E-state index is 0. The van der Waals surface area contributed by atoms with E-state index >= 15 is 0 Å². The summed E-state index contributed by atoms with van der Waals surface area (Å²) < 4.78 is 5.85. The molecule has 4 aliphatic carbocycles. The lowest BCUT2D eigenvalue weighted by Gasteiger charge is -2.32. The van der Waals surface area contributed by atoms with Crippen LogP contribution in [0.15, 0.2) is 441 Å². The fourth-order valence-corrected chi connectivity index (χ4v) is 19.9. The number of anilines is 5. The molecule has 2 spiro atoms. The number of halogens is 1. The van der Waals surface area contributed by atoms with E-state index in [2.05, 4.69) is 454 Å². The van der Waals surface area contributed by atoms with Crippen molar-refractivity contribution in [2.45, 2.75) is 18.3 Å². The van der Waals surface area contributed by atoms with Crippen molar-refractivity contribution < 1.29 is 0 Å². The lowest BCUT2D eigenvalue weighted by atomic mass is 9.70. The van der Waals surface area contributed by atoms with Crippen LogP contribution in [-0.4, -0.2) is 9.13 Å². The summed E-state index contributed by atoms with van der Waals surface area (Å²) in [6.07, 6.45) is 0. The second-order valence-corrected chi connectivity index (χ2v) is 31.2. The molecule has 0 fully saturated rings. The smallest absolute Gasteiger partial charge is 0.0726 e. The van der Waals surface area contributed by atoms with Crippen molar-refractivity contribution in [1.29, 1.82) is 0 Å². The first-order valence-corrected chi connectivity index (χ1v) is 40.4. The van der Waals surface area contributed by atoms with E-state index in [0.717, 1.165) is 32.9 Å². The van der Waals surface area contributed by atoms with Gasteiger partial charge in [0.15, 0.2) is 0 Å². The van der Waals surface area contributed by atoms with E-state index in [0.29, 0.717) is 0 Å². The molecule has 0 bridgehead atoms. The Morgan fingerprint density at radius 3 is 0.948 bits per heavy atom. The highest BCUT2D eigenvalue weighted by atomic mass is 79.9. The molecular formula is C111H77BrN4. The van der Waals surface area contributed by atoms with Crippen LogP contribution in [-0.2, 0) is 10.8 Å². The number of hydrogen-bond donors (Lipinski definition) is 1. The van der Waals surface area contributed by atoms with Crippen molar-refractivity contribution in [2.75, 3.05) is 10.2 Å². The van der Waals surface area contributed by atoms with Gasteiger partial charge in [-0.05, 0) is 245 Å². The van der Waals surface area contributed by atoms with Crippen LogP contribution in [0.4, 0.5) is 28.4 Å². The molecule has 0 aliphatic heterocycles. The molecule has 0 radical (unpaired) electrons. The van der Waals surface area contributed by atoms with Gasteiger partial charge in [-0.1, -0.05) is 327 Å². The van der Waals surface area contributed by atoms with E-state index < -0.39 is 5.41 Å². The third-order valence-electron chi connectivity index (χ3n) is 24.3. The Labute approximate surface area is 684 Å². The van der Waals surface area contributed by atoms with Crippen LogP contribution in [0.25, 0.3) is 122 Å². The molecule has 1 N–H and O–H groups in total. The zero-order chi connectivity index (χ0) is 76.1. The molecule has 20 aromatic rings. The Bertz CT molecular complexity index is 7060. The molecule has 4 nitrogen and oxygen atoms in total. The first kappa shape index (κ1) is 69.6. The van der Waals surface area contributed by atoms with E-state index in [-0.39, 0.29) is 12.8 Å². The van der Waals surface area contributed by atoms with Crippen molar-refractivity contribution in [3.05, 3.63) is 486 Å². The van der Waals surface area contributed by atoms with Gasteiger partial charge in [-0.3, -0.25) is 0 Å². The van der Waals surface area contributed by atoms with Crippen LogP contribution in [0, 0.1) is 0 Å². The SMILES string of the molecule is Brc1ccc2c(c1)C1(c3ccccc3-c3ccccc31)c1ccccc1-2.C.c1ccc(N(c2ccc(-c3ccc4c(c3)c3ccccc3n4-c3ccccc3)cc2)c2ccc3c(c2)C2(c4ccccc4-c4ccccc42)c2ccccc2-3)cc1.c1ccc(Nc2ccc(-c3ccc4c(c3)c3ccccc3n4-c3ccccc3)cc2)cc1. The summed E-state index contributed by atoms with van der Waals surface area (Å²) in [6.45, 7) is 0. The highest BCUT2D eigenvalue weighted by Gasteiger charge is 2.53. The average Bonchev–Trinajstić information content (AvgIpc) is 1.51. The van der Waals surface area contributed by atoms with E-state index in [1.807, 2.05) is 18.2 Å². The molecule has 116 heavy (non-hydrogen) atoms. The number of para-hydroxylation sites is 6. The number of fused-ring (bicyclic) bond motifs is 26. The van der Waals surface area contributed by atoms with Crippen LogP contribution in [0.3, 0.4) is 0 Å². The fourth-order valence-electron chi connectivity index (χ4n) is 19.6. The number of rotatable bonds is 9. The molecule has 548 valence electrons. The molecule has 24 rings (SSSR count). The van der Waals surface area contributed by atoms with Gasteiger partial charge in [0.05, 0.1) is 32.9 Å². The van der Waals surface area contributed by atoms with Gasteiger partial charge < -0.3 is 19.4 Å². The third kappa shape index (κ3) is 10.9. The van der Waals surface area contributed by atoms with Gasteiger partial charge >= 0.3 is 0 Å². The van der Waals surface area contributed by atoms with E-state index in [4.69, 9.17) is 0 Å². The molecule has 2 heterocycles. The largest absolute Gasteiger partial charge is 0.356 e. The maximum atomic E-state index is 3.72. The van der Waals surface area contributed by atoms with Gasteiger partial charge in [0.2, 0.25) is 0 Å². The van der Waals surface area contributed by atoms with E-state index in [9.17, 15) is 0 Å². The van der Waals surface area contributed by atoms with Crippen LogP contribution < -0.4 is 10.2 Å². The quantitative estimate of drug-likeness (QED) is 0.156. The highest BCUT2D eigenvalue weighted by molar-refractivity contribution is 9.10. The third-order valence-corrected chi connectivity index (χ3v) is 24.8. The van der Waals surface area contributed by atoms with Gasteiger partial charge in [-0.2, -0.15) is 0 Å². The summed E-state index contributed by atoms with van der Waals surface area (Å²) in [6, 6.07) is 159. The van der Waals surface area contributed by atoms with Crippen LogP contribution >= 0.6 is 15.9 Å². The Morgan fingerprint density at radius 2 is 0.517 bits per heavy atom. The van der Waals surface area contributed by atoms with Gasteiger partial charge in [0.1, 0.15) is 0 Å². The van der Waals surface area contributed by atoms with Crippen molar-refractivity contribution >= 4 is 88.0 Å².